The first kappa shape index (κ1) is 18.3. The highest BCUT2D eigenvalue weighted by molar-refractivity contribution is 5.90. The fourth-order valence-corrected chi connectivity index (χ4v) is 3.03. The average molecular weight is 363 g/mol. The number of hydrogen-bond donors (Lipinski definition) is 1. The zero-order chi connectivity index (χ0) is 18.8. The molecule has 0 aliphatic carbocycles. The van der Waals surface area contributed by atoms with Gasteiger partial charge in [0.2, 0.25) is 5.88 Å². The Morgan fingerprint density at radius 1 is 1.35 bits per heavy atom. The molecule has 1 N–H and O–H groups in total. The van der Waals surface area contributed by atoms with Crippen LogP contribution < -0.4 is 4.74 Å². The zero-order valence-electron chi connectivity index (χ0n) is 14.5. The Morgan fingerprint density at radius 3 is 2.77 bits per heavy atom. The third-order valence-electron chi connectivity index (χ3n) is 4.40. The Hall–Kier alpha value is -2.54. The lowest BCUT2D eigenvalue weighted by atomic mass is 9.88. The number of hydrogen-bond acceptors (Lipinski definition) is 5. The highest BCUT2D eigenvalue weighted by Gasteiger charge is 2.31. The molecule has 0 unspecified atom stereocenters. The Balaban J connectivity index is 2.18. The molecule has 0 saturated carbocycles. The molecule has 0 spiro atoms. The molecule has 3 rings (SSSR count). The van der Waals surface area contributed by atoms with Crippen molar-refractivity contribution in [1.29, 1.82) is 0 Å². The summed E-state index contributed by atoms with van der Waals surface area (Å²) in [5, 5.41) is 9.46. The van der Waals surface area contributed by atoms with E-state index < -0.39 is 23.7 Å². The second-order valence-electron chi connectivity index (χ2n) is 6.20. The number of esters is 1. The van der Waals surface area contributed by atoms with Gasteiger partial charge in [0.15, 0.2) is 5.69 Å². The quantitative estimate of drug-likeness (QED) is 0.846. The third-order valence-corrected chi connectivity index (χ3v) is 4.40. The molecule has 1 aliphatic heterocycles. The number of aliphatic hydroxyl groups excluding tert-OH is 1. The average Bonchev–Trinajstić information content (AvgIpc) is 2.61. The normalized spacial score (nSPS) is 18.8. The molecule has 0 fully saturated rings. The number of carbonyl (C=O) groups excluding carboxylic acids is 1. The fraction of sp³-hybridized carbons (Fsp3) is 0.368. The minimum Gasteiger partial charge on any atom is -0.471 e. The summed E-state index contributed by atoms with van der Waals surface area (Å²) in [6.07, 6.45) is 0.00127. The molecule has 0 amide bonds. The van der Waals surface area contributed by atoms with Gasteiger partial charge in [0, 0.05) is 17.2 Å². The van der Waals surface area contributed by atoms with Gasteiger partial charge in [-0.25, -0.2) is 18.6 Å². The van der Waals surface area contributed by atoms with Gasteiger partial charge in [0.05, 0.1) is 13.2 Å². The smallest absolute Gasteiger partial charge is 0.357 e. The van der Waals surface area contributed by atoms with Gasteiger partial charge in [-0.05, 0) is 43.0 Å². The van der Waals surface area contributed by atoms with Gasteiger partial charge in [-0.3, -0.25) is 0 Å². The summed E-state index contributed by atoms with van der Waals surface area (Å²) in [5.74, 6) is -1.98. The number of rotatable bonds is 4. The molecule has 0 radical (unpaired) electrons. The number of halogens is 2. The van der Waals surface area contributed by atoms with Gasteiger partial charge >= 0.3 is 5.97 Å². The van der Waals surface area contributed by atoms with E-state index in [1.165, 1.54) is 12.1 Å². The lowest BCUT2D eigenvalue weighted by Gasteiger charge is -2.31. The molecule has 2 aromatic rings. The maximum Gasteiger partial charge on any atom is 0.357 e. The van der Waals surface area contributed by atoms with Gasteiger partial charge in [-0.15, -0.1) is 0 Å². The van der Waals surface area contributed by atoms with E-state index in [0.717, 1.165) is 12.1 Å². The number of benzene rings is 1. The second-order valence-corrected chi connectivity index (χ2v) is 6.20. The van der Waals surface area contributed by atoms with Crippen molar-refractivity contribution >= 4 is 5.97 Å². The summed E-state index contributed by atoms with van der Waals surface area (Å²) in [7, 11) is 0. The van der Waals surface area contributed by atoms with E-state index in [-0.39, 0.29) is 36.3 Å². The standard InChI is InChI=1S/C19H19F2NO4/c1-3-25-19(24)16-8-13(12-5-4-11(20)7-15(12)21)14-6-10(2)17(9-23)26-18(14)22-16/h4-5,7-8,10,17,23H,3,6,9H2,1-2H3/t10-,17+/m1/s1. The van der Waals surface area contributed by atoms with Crippen molar-refractivity contribution in [1.82, 2.24) is 4.98 Å². The molecule has 5 nitrogen and oxygen atoms in total. The van der Waals surface area contributed by atoms with Crippen LogP contribution >= 0.6 is 0 Å². The van der Waals surface area contributed by atoms with Crippen LogP contribution in [0.1, 0.15) is 29.9 Å². The molecular formula is C19H19F2NO4. The monoisotopic (exact) mass is 363 g/mol. The van der Waals surface area contributed by atoms with Gasteiger partial charge in [0.25, 0.3) is 0 Å². The van der Waals surface area contributed by atoms with Crippen LogP contribution in [0.25, 0.3) is 11.1 Å². The number of pyridine rings is 1. The molecule has 1 aliphatic rings. The van der Waals surface area contributed by atoms with Crippen LogP contribution in [0.2, 0.25) is 0 Å². The highest BCUT2D eigenvalue weighted by Crippen LogP contribution is 2.38. The third kappa shape index (κ3) is 3.39. The number of carbonyl (C=O) groups is 1. The van der Waals surface area contributed by atoms with Gasteiger partial charge in [-0.2, -0.15) is 0 Å². The minimum absolute atomic E-state index is 0.0319. The van der Waals surface area contributed by atoms with Crippen LogP contribution in [0.4, 0.5) is 8.78 Å². The largest absolute Gasteiger partial charge is 0.471 e. The predicted octanol–water partition coefficient (Wildman–Crippen LogP) is 3.14. The van der Waals surface area contributed by atoms with E-state index in [0.29, 0.717) is 17.5 Å². The number of nitrogens with zero attached hydrogens (tertiary/aromatic N) is 1. The van der Waals surface area contributed by atoms with Gasteiger partial charge < -0.3 is 14.6 Å². The van der Waals surface area contributed by atoms with Crippen LogP contribution in [-0.2, 0) is 11.2 Å². The van der Waals surface area contributed by atoms with Crippen molar-refractivity contribution in [2.45, 2.75) is 26.4 Å². The van der Waals surface area contributed by atoms with Crippen molar-refractivity contribution in [3.05, 3.63) is 47.2 Å². The van der Waals surface area contributed by atoms with Crippen LogP contribution in [0.3, 0.4) is 0 Å². The summed E-state index contributed by atoms with van der Waals surface area (Å²) in [5.41, 5.74) is 1.13. The Labute approximate surface area is 149 Å². The first-order valence-electron chi connectivity index (χ1n) is 8.38. The molecule has 26 heavy (non-hydrogen) atoms. The SMILES string of the molecule is CCOC(=O)c1cc(-c2ccc(F)cc2F)c2c(n1)O[C@@H](CO)[C@H](C)C2. The zero-order valence-corrected chi connectivity index (χ0v) is 14.5. The van der Waals surface area contributed by atoms with Crippen molar-refractivity contribution < 1.29 is 28.2 Å². The van der Waals surface area contributed by atoms with Gasteiger partial charge in [-0.1, -0.05) is 6.92 Å². The molecule has 138 valence electrons. The number of aromatic nitrogens is 1. The molecule has 7 heteroatoms. The summed E-state index contributed by atoms with van der Waals surface area (Å²) in [6, 6.07) is 4.69. The first-order chi connectivity index (χ1) is 12.4. The summed E-state index contributed by atoms with van der Waals surface area (Å²) >= 11 is 0. The van der Waals surface area contributed by atoms with Crippen LogP contribution in [0, 0.1) is 17.6 Å². The predicted molar refractivity (Wildman–Crippen MR) is 89.9 cm³/mol. The van der Waals surface area contributed by atoms with E-state index in [1.54, 1.807) is 6.92 Å². The lowest BCUT2D eigenvalue weighted by molar-refractivity contribution is 0.0491. The molecule has 1 aromatic carbocycles. The Bertz CT molecular complexity index is 841. The number of fused-ring (bicyclic) bond motifs is 1. The maximum atomic E-state index is 14.4. The van der Waals surface area contributed by atoms with E-state index in [4.69, 9.17) is 9.47 Å². The van der Waals surface area contributed by atoms with Crippen LogP contribution in [0.15, 0.2) is 24.3 Å². The lowest BCUT2D eigenvalue weighted by Crippen LogP contribution is -2.35. The highest BCUT2D eigenvalue weighted by atomic mass is 19.1. The number of ether oxygens (including phenoxy) is 2. The van der Waals surface area contributed by atoms with Crippen LogP contribution in [0.5, 0.6) is 5.88 Å². The topological polar surface area (TPSA) is 68.7 Å². The summed E-state index contributed by atoms with van der Waals surface area (Å²) in [6.45, 7) is 3.52. The summed E-state index contributed by atoms with van der Waals surface area (Å²) < 4.78 is 38.4. The Kier molecular flexibility index (Phi) is 5.18. The molecule has 0 bridgehead atoms. The van der Waals surface area contributed by atoms with Crippen molar-refractivity contribution in [3.63, 3.8) is 0 Å². The van der Waals surface area contributed by atoms with Crippen molar-refractivity contribution in [2.75, 3.05) is 13.2 Å². The molecule has 2 heterocycles. The van der Waals surface area contributed by atoms with Gasteiger partial charge in [0.1, 0.15) is 17.7 Å². The molecule has 1 aromatic heterocycles. The van der Waals surface area contributed by atoms with E-state index in [9.17, 15) is 18.7 Å². The van der Waals surface area contributed by atoms with Crippen molar-refractivity contribution in [2.24, 2.45) is 5.92 Å². The number of aliphatic hydroxyl groups is 1. The maximum absolute atomic E-state index is 14.4. The minimum atomic E-state index is -0.745. The fourth-order valence-electron chi connectivity index (χ4n) is 3.03. The van der Waals surface area contributed by atoms with Crippen LogP contribution in [-0.4, -0.2) is 35.4 Å². The first-order valence-corrected chi connectivity index (χ1v) is 8.38. The summed E-state index contributed by atoms with van der Waals surface area (Å²) in [4.78, 5) is 16.3. The van der Waals surface area contributed by atoms with Crippen molar-refractivity contribution in [3.8, 4) is 17.0 Å². The van der Waals surface area contributed by atoms with E-state index in [2.05, 4.69) is 4.98 Å². The van der Waals surface area contributed by atoms with E-state index >= 15 is 0 Å². The molecule has 0 saturated heterocycles. The van der Waals surface area contributed by atoms with E-state index in [1.807, 2.05) is 6.92 Å². The Morgan fingerprint density at radius 2 is 2.12 bits per heavy atom. The molecular weight excluding hydrogens is 344 g/mol. The molecule has 2 atom stereocenters. The second kappa shape index (κ2) is 7.37.